The molecule has 1 amide bonds. The first-order valence-electron chi connectivity index (χ1n) is 5.83. The number of amides is 1. The van der Waals surface area contributed by atoms with Crippen LogP contribution in [0.25, 0.3) is 0 Å². The fraction of sp³-hybridized carbons (Fsp3) is 0.385. The topological polar surface area (TPSA) is 66.4 Å². The van der Waals surface area contributed by atoms with Gasteiger partial charge in [-0.25, -0.2) is 0 Å². The molecular weight excluding hydrogens is 254 g/mol. The smallest absolute Gasteiger partial charge is 0.307 e. The van der Waals surface area contributed by atoms with Crippen LogP contribution < -0.4 is 5.32 Å². The second kappa shape index (κ2) is 5.40. The summed E-state index contributed by atoms with van der Waals surface area (Å²) < 4.78 is 0. The summed E-state index contributed by atoms with van der Waals surface area (Å²) in [4.78, 5) is 22.2. The van der Waals surface area contributed by atoms with E-state index in [0.29, 0.717) is 24.4 Å². The Bertz CT molecular complexity index is 458. The lowest BCUT2D eigenvalue weighted by Crippen LogP contribution is -2.28. The lowest BCUT2D eigenvalue weighted by Gasteiger charge is -2.04. The van der Waals surface area contributed by atoms with Crippen LogP contribution in [-0.2, 0) is 16.0 Å². The normalized spacial score (nSPS) is 21.4. The molecule has 0 unspecified atom stereocenters. The zero-order chi connectivity index (χ0) is 13.1. The molecule has 0 aromatic heterocycles. The maximum Gasteiger partial charge on any atom is 0.307 e. The first-order chi connectivity index (χ1) is 8.58. The Labute approximate surface area is 110 Å². The van der Waals surface area contributed by atoms with Crippen molar-refractivity contribution in [3.63, 3.8) is 0 Å². The molecule has 1 saturated carbocycles. The molecule has 5 heteroatoms. The molecule has 2 atom stereocenters. The molecule has 0 spiro atoms. The lowest BCUT2D eigenvalue weighted by atomic mass is 10.1. The summed E-state index contributed by atoms with van der Waals surface area (Å²) in [5.74, 6) is -1.86. The van der Waals surface area contributed by atoms with Gasteiger partial charge in [0.05, 0.1) is 11.8 Å². The summed E-state index contributed by atoms with van der Waals surface area (Å²) >= 11 is 5.77. The third-order valence-corrected chi connectivity index (χ3v) is 3.32. The number of aliphatic carboxylic acids is 1. The Hall–Kier alpha value is -1.55. The molecule has 0 bridgehead atoms. The van der Waals surface area contributed by atoms with E-state index in [4.69, 9.17) is 16.7 Å². The van der Waals surface area contributed by atoms with Gasteiger partial charge in [0.1, 0.15) is 0 Å². The van der Waals surface area contributed by atoms with Gasteiger partial charge in [-0.1, -0.05) is 23.7 Å². The average Bonchev–Trinajstić information content (AvgIpc) is 3.11. The molecular formula is C13H14ClNO3. The van der Waals surface area contributed by atoms with Crippen LogP contribution in [0.1, 0.15) is 12.0 Å². The number of carboxylic acids is 1. The first kappa shape index (κ1) is 12.9. The Morgan fingerprint density at radius 3 is 2.50 bits per heavy atom. The fourth-order valence-corrected chi connectivity index (χ4v) is 2.00. The van der Waals surface area contributed by atoms with Crippen LogP contribution in [0, 0.1) is 11.8 Å². The monoisotopic (exact) mass is 267 g/mol. The highest BCUT2D eigenvalue weighted by molar-refractivity contribution is 6.30. The van der Waals surface area contributed by atoms with Gasteiger partial charge in [-0.05, 0) is 30.5 Å². The largest absolute Gasteiger partial charge is 0.481 e. The highest BCUT2D eigenvalue weighted by Gasteiger charge is 2.48. The zero-order valence-electron chi connectivity index (χ0n) is 9.73. The number of carbonyl (C=O) groups is 2. The van der Waals surface area contributed by atoms with Crippen LogP contribution in [0.2, 0.25) is 5.02 Å². The number of hydrogen-bond acceptors (Lipinski definition) is 2. The molecule has 2 rings (SSSR count). The number of rotatable bonds is 5. The minimum Gasteiger partial charge on any atom is -0.481 e. The van der Waals surface area contributed by atoms with Crippen LogP contribution in [0.3, 0.4) is 0 Å². The van der Waals surface area contributed by atoms with Gasteiger partial charge in [0.2, 0.25) is 5.91 Å². The summed E-state index contributed by atoms with van der Waals surface area (Å²) in [6, 6.07) is 7.43. The first-order valence-corrected chi connectivity index (χ1v) is 6.20. The van der Waals surface area contributed by atoms with Crippen molar-refractivity contribution in [2.24, 2.45) is 11.8 Å². The van der Waals surface area contributed by atoms with Gasteiger partial charge in [0.15, 0.2) is 0 Å². The second-order valence-electron chi connectivity index (χ2n) is 4.45. The van der Waals surface area contributed by atoms with E-state index in [9.17, 15) is 9.59 Å². The molecule has 4 nitrogen and oxygen atoms in total. The number of hydrogen-bond donors (Lipinski definition) is 2. The standard InChI is InChI=1S/C13H14ClNO3/c14-9-3-1-8(2-4-9)5-6-15-12(16)10-7-11(10)13(17)18/h1-4,10-11H,5-7H2,(H,15,16)(H,17,18)/t10-,11+/m1/s1. The maximum atomic E-state index is 11.6. The predicted octanol–water partition coefficient (Wildman–Crippen LogP) is 1.72. The van der Waals surface area contributed by atoms with Crippen molar-refractivity contribution in [2.75, 3.05) is 6.54 Å². The molecule has 1 aliphatic carbocycles. The average molecular weight is 268 g/mol. The van der Waals surface area contributed by atoms with Crippen molar-refractivity contribution in [3.8, 4) is 0 Å². The van der Waals surface area contributed by atoms with Crippen LogP contribution in [-0.4, -0.2) is 23.5 Å². The zero-order valence-corrected chi connectivity index (χ0v) is 10.5. The molecule has 2 N–H and O–H groups in total. The number of halogens is 1. The molecule has 0 radical (unpaired) electrons. The molecule has 0 saturated heterocycles. The maximum absolute atomic E-state index is 11.6. The molecule has 96 valence electrons. The summed E-state index contributed by atoms with van der Waals surface area (Å²) in [5, 5.41) is 12.2. The van der Waals surface area contributed by atoms with E-state index in [0.717, 1.165) is 5.56 Å². The summed E-state index contributed by atoms with van der Waals surface area (Å²) in [6.07, 6.45) is 1.18. The molecule has 1 aliphatic rings. The van der Waals surface area contributed by atoms with Gasteiger partial charge < -0.3 is 10.4 Å². The van der Waals surface area contributed by atoms with E-state index in [1.54, 1.807) is 12.1 Å². The number of benzene rings is 1. The van der Waals surface area contributed by atoms with E-state index in [2.05, 4.69) is 5.32 Å². The van der Waals surface area contributed by atoms with E-state index >= 15 is 0 Å². The van der Waals surface area contributed by atoms with Crippen molar-refractivity contribution in [1.82, 2.24) is 5.32 Å². The molecule has 0 aliphatic heterocycles. The van der Waals surface area contributed by atoms with Crippen LogP contribution in [0.5, 0.6) is 0 Å². The van der Waals surface area contributed by atoms with Crippen LogP contribution >= 0.6 is 11.6 Å². The van der Waals surface area contributed by atoms with Gasteiger partial charge >= 0.3 is 5.97 Å². The lowest BCUT2D eigenvalue weighted by molar-refractivity contribution is -0.140. The van der Waals surface area contributed by atoms with Gasteiger partial charge in [-0.3, -0.25) is 9.59 Å². The number of carboxylic acid groups (broad SMARTS) is 1. The SMILES string of the molecule is O=C(O)[C@H]1C[C@H]1C(=O)NCCc1ccc(Cl)cc1. The minimum absolute atomic E-state index is 0.156. The highest BCUT2D eigenvalue weighted by Crippen LogP contribution is 2.38. The van der Waals surface area contributed by atoms with Crippen LogP contribution in [0.15, 0.2) is 24.3 Å². The Balaban J connectivity index is 1.71. The van der Waals surface area contributed by atoms with Crippen molar-refractivity contribution in [3.05, 3.63) is 34.9 Å². The highest BCUT2D eigenvalue weighted by atomic mass is 35.5. The van der Waals surface area contributed by atoms with Gasteiger partial charge in [0.25, 0.3) is 0 Å². The van der Waals surface area contributed by atoms with Gasteiger partial charge in [0, 0.05) is 11.6 Å². The van der Waals surface area contributed by atoms with E-state index in [1.807, 2.05) is 12.1 Å². The number of carbonyl (C=O) groups excluding carboxylic acids is 1. The third-order valence-electron chi connectivity index (χ3n) is 3.07. The molecule has 1 aromatic carbocycles. The molecule has 0 heterocycles. The second-order valence-corrected chi connectivity index (χ2v) is 4.89. The number of nitrogens with one attached hydrogen (secondary N) is 1. The van der Waals surface area contributed by atoms with Gasteiger partial charge in [-0.15, -0.1) is 0 Å². The van der Waals surface area contributed by atoms with Gasteiger partial charge in [-0.2, -0.15) is 0 Å². The van der Waals surface area contributed by atoms with E-state index < -0.39 is 11.9 Å². The van der Waals surface area contributed by atoms with Crippen molar-refractivity contribution >= 4 is 23.5 Å². The molecule has 1 aromatic rings. The quantitative estimate of drug-likeness (QED) is 0.854. The van der Waals surface area contributed by atoms with E-state index in [1.165, 1.54) is 0 Å². The molecule has 18 heavy (non-hydrogen) atoms. The summed E-state index contributed by atoms with van der Waals surface area (Å²) in [7, 11) is 0. The third kappa shape index (κ3) is 3.23. The van der Waals surface area contributed by atoms with Crippen LogP contribution in [0.4, 0.5) is 0 Å². The van der Waals surface area contributed by atoms with Crippen molar-refractivity contribution in [1.29, 1.82) is 0 Å². The Morgan fingerprint density at radius 2 is 1.94 bits per heavy atom. The molecule has 1 fully saturated rings. The summed E-state index contributed by atoms with van der Waals surface area (Å²) in [5.41, 5.74) is 1.09. The van der Waals surface area contributed by atoms with Crippen molar-refractivity contribution in [2.45, 2.75) is 12.8 Å². The van der Waals surface area contributed by atoms with E-state index in [-0.39, 0.29) is 11.8 Å². The fourth-order valence-electron chi connectivity index (χ4n) is 1.87. The van der Waals surface area contributed by atoms with Crippen molar-refractivity contribution < 1.29 is 14.7 Å². The Kier molecular flexibility index (Phi) is 3.87. The minimum atomic E-state index is -0.882. The predicted molar refractivity (Wildman–Crippen MR) is 67.4 cm³/mol. The Morgan fingerprint density at radius 1 is 1.28 bits per heavy atom. The summed E-state index contributed by atoms with van der Waals surface area (Å²) in [6.45, 7) is 0.517.